The molecule has 0 unspecified atom stereocenters. The first-order valence-corrected chi connectivity index (χ1v) is 7.35. The topological polar surface area (TPSA) is 17.1 Å². The number of benzene rings is 2. The van der Waals surface area contributed by atoms with E-state index in [2.05, 4.69) is 13.8 Å². The second kappa shape index (κ2) is 11.0. The van der Waals surface area contributed by atoms with Gasteiger partial charge < -0.3 is 0 Å². The Kier molecular flexibility index (Phi) is 9.94. The lowest BCUT2D eigenvalue weighted by molar-refractivity contribution is 0.103. The van der Waals surface area contributed by atoms with Crippen molar-refractivity contribution in [1.82, 2.24) is 0 Å². The van der Waals surface area contributed by atoms with E-state index in [0.717, 1.165) is 11.1 Å². The molecule has 0 aromatic heterocycles. The van der Waals surface area contributed by atoms with Crippen LogP contribution in [0.5, 0.6) is 0 Å². The van der Waals surface area contributed by atoms with Crippen LogP contribution in [0.2, 0.25) is 0 Å². The molecule has 0 N–H and O–H groups in total. The van der Waals surface area contributed by atoms with Gasteiger partial charge in [0.15, 0.2) is 5.78 Å². The molecule has 0 aliphatic rings. The van der Waals surface area contributed by atoms with Gasteiger partial charge in [0.25, 0.3) is 0 Å². The number of ketones is 1. The van der Waals surface area contributed by atoms with Gasteiger partial charge in [0.2, 0.25) is 0 Å². The van der Waals surface area contributed by atoms with Crippen molar-refractivity contribution >= 4 is 5.78 Å². The van der Waals surface area contributed by atoms with Crippen LogP contribution in [0.3, 0.4) is 0 Å². The maximum absolute atomic E-state index is 12.0. The van der Waals surface area contributed by atoms with Gasteiger partial charge in [-0.1, -0.05) is 94.3 Å². The van der Waals surface area contributed by atoms with Crippen molar-refractivity contribution in [3.8, 4) is 0 Å². The minimum atomic E-state index is 0.0793. The Labute approximate surface area is 123 Å². The fourth-order valence-electron chi connectivity index (χ4n) is 1.46. The van der Waals surface area contributed by atoms with Gasteiger partial charge in [-0.05, 0) is 6.92 Å². The Bertz CT molecular complexity index is 469. The summed E-state index contributed by atoms with van der Waals surface area (Å²) in [5.41, 5.74) is 2.65. The van der Waals surface area contributed by atoms with Crippen molar-refractivity contribution in [2.24, 2.45) is 0 Å². The molecular weight excluding hydrogens is 244 g/mol. The molecule has 1 heteroatoms. The molecule has 2 rings (SSSR count). The van der Waals surface area contributed by atoms with E-state index in [9.17, 15) is 4.79 Å². The number of rotatable bonds is 2. The van der Waals surface area contributed by atoms with E-state index < -0.39 is 0 Å². The molecular formula is C19H26O. The highest BCUT2D eigenvalue weighted by Gasteiger charge is 2.06. The maximum atomic E-state index is 12.0. The summed E-state index contributed by atoms with van der Waals surface area (Å²) in [5, 5.41) is 0. The van der Waals surface area contributed by atoms with E-state index in [1.165, 1.54) is 12.0 Å². The number of hydrogen-bond acceptors (Lipinski definition) is 1. The SMILES string of the molecule is CC.CCC.Cc1ccc(C(=O)c2ccccc2)cc1. The average Bonchev–Trinajstić information content (AvgIpc) is 2.51. The Balaban J connectivity index is 0.000000641. The highest BCUT2D eigenvalue weighted by atomic mass is 16.1. The zero-order chi connectivity index (χ0) is 15.4. The van der Waals surface area contributed by atoms with E-state index in [1.54, 1.807) is 0 Å². The van der Waals surface area contributed by atoms with Gasteiger partial charge in [-0.25, -0.2) is 0 Å². The first kappa shape index (κ1) is 18.1. The van der Waals surface area contributed by atoms with Crippen LogP contribution in [-0.2, 0) is 0 Å². The standard InChI is InChI=1S/C14H12O.C3H8.C2H6/c1-11-7-9-13(10-8-11)14(15)12-5-3-2-4-6-12;1-3-2;1-2/h2-10H,1H3;3H2,1-2H3;1-2H3. The molecule has 0 bridgehead atoms. The minimum Gasteiger partial charge on any atom is -0.289 e. The lowest BCUT2D eigenvalue weighted by Crippen LogP contribution is -2.00. The van der Waals surface area contributed by atoms with Crippen molar-refractivity contribution in [1.29, 1.82) is 0 Å². The molecule has 0 amide bonds. The summed E-state index contributed by atoms with van der Waals surface area (Å²) in [6, 6.07) is 17.0. The Morgan fingerprint density at radius 2 is 1.20 bits per heavy atom. The largest absolute Gasteiger partial charge is 0.289 e. The van der Waals surface area contributed by atoms with Crippen LogP contribution >= 0.6 is 0 Å². The summed E-state index contributed by atoms with van der Waals surface area (Å²) in [4.78, 5) is 12.0. The quantitative estimate of drug-likeness (QED) is 0.643. The molecule has 0 fully saturated rings. The van der Waals surface area contributed by atoms with Crippen LogP contribution in [-0.4, -0.2) is 5.78 Å². The first-order chi connectivity index (χ1) is 9.69. The molecule has 2 aromatic rings. The molecule has 0 saturated heterocycles. The van der Waals surface area contributed by atoms with Gasteiger partial charge in [-0.2, -0.15) is 0 Å². The third-order valence-corrected chi connectivity index (χ3v) is 2.35. The normalized spacial score (nSPS) is 8.65. The van der Waals surface area contributed by atoms with Crippen LogP contribution in [0.4, 0.5) is 0 Å². The molecule has 0 radical (unpaired) electrons. The van der Waals surface area contributed by atoms with Gasteiger partial charge >= 0.3 is 0 Å². The maximum Gasteiger partial charge on any atom is 0.193 e. The van der Waals surface area contributed by atoms with Crippen molar-refractivity contribution in [3.63, 3.8) is 0 Å². The first-order valence-electron chi connectivity index (χ1n) is 7.35. The van der Waals surface area contributed by atoms with Crippen LogP contribution in [0.1, 0.15) is 55.6 Å². The molecule has 0 aliphatic carbocycles. The Morgan fingerprint density at radius 1 is 0.800 bits per heavy atom. The molecule has 0 spiro atoms. The van der Waals surface area contributed by atoms with Gasteiger partial charge in [-0.3, -0.25) is 4.79 Å². The minimum absolute atomic E-state index is 0.0793. The van der Waals surface area contributed by atoms with Crippen molar-refractivity contribution in [2.45, 2.75) is 41.0 Å². The lowest BCUT2D eigenvalue weighted by atomic mass is 10.0. The third kappa shape index (κ3) is 6.33. The molecule has 0 aliphatic heterocycles. The predicted molar refractivity (Wildman–Crippen MR) is 88.4 cm³/mol. The fourth-order valence-corrected chi connectivity index (χ4v) is 1.46. The fraction of sp³-hybridized carbons (Fsp3) is 0.316. The van der Waals surface area contributed by atoms with Crippen molar-refractivity contribution in [3.05, 3.63) is 71.3 Å². The molecule has 0 heterocycles. The van der Waals surface area contributed by atoms with Crippen molar-refractivity contribution < 1.29 is 4.79 Å². The van der Waals surface area contributed by atoms with E-state index >= 15 is 0 Å². The molecule has 20 heavy (non-hydrogen) atoms. The molecule has 108 valence electrons. The van der Waals surface area contributed by atoms with Crippen molar-refractivity contribution in [2.75, 3.05) is 0 Å². The van der Waals surface area contributed by atoms with Gasteiger partial charge in [0.1, 0.15) is 0 Å². The van der Waals surface area contributed by atoms with E-state index in [0.29, 0.717) is 0 Å². The average molecular weight is 270 g/mol. The van der Waals surface area contributed by atoms with Crippen LogP contribution < -0.4 is 0 Å². The summed E-state index contributed by atoms with van der Waals surface area (Å²) in [6.07, 6.45) is 1.25. The van der Waals surface area contributed by atoms with Gasteiger partial charge in [-0.15, -0.1) is 0 Å². The Hall–Kier alpha value is -1.89. The Morgan fingerprint density at radius 3 is 1.65 bits per heavy atom. The summed E-state index contributed by atoms with van der Waals surface area (Å²) in [5.74, 6) is 0.0793. The number of aryl methyl sites for hydroxylation is 1. The molecule has 2 aromatic carbocycles. The summed E-state index contributed by atoms with van der Waals surface area (Å²) in [7, 11) is 0. The van der Waals surface area contributed by atoms with Gasteiger partial charge in [0, 0.05) is 11.1 Å². The smallest absolute Gasteiger partial charge is 0.193 e. The van der Waals surface area contributed by atoms with E-state index in [4.69, 9.17) is 0 Å². The summed E-state index contributed by atoms with van der Waals surface area (Å²) < 4.78 is 0. The predicted octanol–water partition coefficient (Wildman–Crippen LogP) is 5.67. The second-order valence-corrected chi connectivity index (χ2v) is 4.27. The highest BCUT2D eigenvalue weighted by Crippen LogP contribution is 2.10. The monoisotopic (exact) mass is 270 g/mol. The van der Waals surface area contributed by atoms with Gasteiger partial charge in [0.05, 0.1) is 0 Å². The lowest BCUT2D eigenvalue weighted by Gasteiger charge is -2.00. The van der Waals surface area contributed by atoms with E-state index in [-0.39, 0.29) is 5.78 Å². The molecule has 0 atom stereocenters. The summed E-state index contributed by atoms with van der Waals surface area (Å²) in [6.45, 7) is 10.3. The second-order valence-electron chi connectivity index (χ2n) is 4.27. The zero-order valence-electron chi connectivity index (χ0n) is 13.3. The third-order valence-electron chi connectivity index (χ3n) is 2.35. The molecule has 0 saturated carbocycles. The molecule has 1 nitrogen and oxygen atoms in total. The zero-order valence-corrected chi connectivity index (χ0v) is 13.3. The van der Waals surface area contributed by atoms with Crippen LogP contribution in [0, 0.1) is 6.92 Å². The van der Waals surface area contributed by atoms with E-state index in [1.807, 2.05) is 75.4 Å². The highest BCUT2D eigenvalue weighted by molar-refractivity contribution is 6.08. The number of carbonyl (C=O) groups excluding carboxylic acids is 1. The van der Waals surface area contributed by atoms with Crippen LogP contribution in [0.15, 0.2) is 54.6 Å². The summed E-state index contributed by atoms with van der Waals surface area (Å²) >= 11 is 0. The number of carbonyl (C=O) groups is 1. The number of hydrogen-bond donors (Lipinski definition) is 0. The van der Waals surface area contributed by atoms with Crippen LogP contribution in [0.25, 0.3) is 0 Å².